The van der Waals surface area contributed by atoms with E-state index in [0.29, 0.717) is 17.1 Å². The quantitative estimate of drug-likeness (QED) is 0.352. The zero-order valence-electron chi connectivity index (χ0n) is 16.4. The molecular formula is C25H22ClFN2O. The highest BCUT2D eigenvalue weighted by Gasteiger charge is 2.07. The molecule has 1 heterocycles. The van der Waals surface area contributed by atoms with E-state index in [1.807, 2.05) is 24.3 Å². The SMILES string of the molecule is O=C(Nc1ccc(F)cc1)c1ccc(Cc2ccc3c(ccn3CCCCl)c2)cc1. The second-order valence-electron chi connectivity index (χ2n) is 7.28. The van der Waals surface area contributed by atoms with Crippen LogP contribution in [0.3, 0.4) is 0 Å². The highest BCUT2D eigenvalue weighted by molar-refractivity contribution is 6.17. The van der Waals surface area contributed by atoms with E-state index in [-0.39, 0.29) is 11.7 Å². The Balaban J connectivity index is 1.42. The number of hydrogen-bond acceptors (Lipinski definition) is 1. The van der Waals surface area contributed by atoms with E-state index in [1.165, 1.54) is 28.6 Å². The van der Waals surface area contributed by atoms with Gasteiger partial charge in [-0.15, -0.1) is 11.6 Å². The average Bonchev–Trinajstić information content (AvgIpc) is 3.16. The molecule has 0 saturated heterocycles. The van der Waals surface area contributed by atoms with E-state index in [2.05, 4.69) is 40.3 Å². The second-order valence-corrected chi connectivity index (χ2v) is 7.66. The van der Waals surface area contributed by atoms with Crippen molar-refractivity contribution in [3.8, 4) is 0 Å². The Morgan fingerprint density at radius 1 is 0.933 bits per heavy atom. The van der Waals surface area contributed by atoms with Gasteiger partial charge in [-0.3, -0.25) is 4.79 Å². The lowest BCUT2D eigenvalue weighted by molar-refractivity contribution is 0.102. The van der Waals surface area contributed by atoms with Gasteiger partial charge in [0.25, 0.3) is 5.91 Å². The molecule has 4 aromatic rings. The maximum absolute atomic E-state index is 13.0. The normalized spacial score (nSPS) is 11.0. The zero-order valence-corrected chi connectivity index (χ0v) is 17.2. The van der Waals surface area contributed by atoms with Crippen LogP contribution in [0.4, 0.5) is 10.1 Å². The van der Waals surface area contributed by atoms with Crippen LogP contribution < -0.4 is 5.32 Å². The first-order valence-corrected chi connectivity index (χ1v) is 10.5. The van der Waals surface area contributed by atoms with E-state index in [0.717, 1.165) is 24.9 Å². The third-order valence-electron chi connectivity index (χ3n) is 5.09. The number of halogens is 2. The van der Waals surface area contributed by atoms with E-state index in [1.54, 1.807) is 12.1 Å². The molecule has 0 bridgehead atoms. The highest BCUT2D eigenvalue weighted by Crippen LogP contribution is 2.21. The van der Waals surface area contributed by atoms with Crippen molar-refractivity contribution in [3.63, 3.8) is 0 Å². The molecule has 0 radical (unpaired) electrons. The van der Waals surface area contributed by atoms with E-state index < -0.39 is 0 Å². The van der Waals surface area contributed by atoms with E-state index in [9.17, 15) is 9.18 Å². The molecule has 0 atom stereocenters. The molecule has 152 valence electrons. The average molecular weight is 421 g/mol. The summed E-state index contributed by atoms with van der Waals surface area (Å²) in [6.07, 6.45) is 3.85. The molecule has 0 aliphatic carbocycles. The Kier molecular flexibility index (Phi) is 6.15. The molecule has 3 aromatic carbocycles. The molecule has 5 heteroatoms. The summed E-state index contributed by atoms with van der Waals surface area (Å²) >= 11 is 5.81. The van der Waals surface area contributed by atoms with Crippen LogP contribution in [-0.2, 0) is 13.0 Å². The summed E-state index contributed by atoms with van der Waals surface area (Å²) in [5.74, 6) is 0.116. The number of fused-ring (bicyclic) bond motifs is 1. The van der Waals surface area contributed by atoms with Crippen LogP contribution in [0.5, 0.6) is 0 Å². The molecule has 0 aliphatic rings. The number of anilines is 1. The minimum Gasteiger partial charge on any atom is -0.347 e. The molecule has 1 N–H and O–H groups in total. The molecule has 0 saturated carbocycles. The summed E-state index contributed by atoms with van der Waals surface area (Å²) in [6, 6.07) is 21.9. The van der Waals surface area contributed by atoms with Crippen molar-refractivity contribution in [2.75, 3.05) is 11.2 Å². The van der Waals surface area contributed by atoms with Crippen LogP contribution >= 0.6 is 11.6 Å². The van der Waals surface area contributed by atoms with Crippen LogP contribution in [0.25, 0.3) is 10.9 Å². The molecular weight excluding hydrogens is 399 g/mol. The zero-order chi connectivity index (χ0) is 20.9. The molecule has 0 aliphatic heterocycles. The molecule has 1 amide bonds. The molecule has 1 aromatic heterocycles. The molecule has 0 spiro atoms. The lowest BCUT2D eigenvalue weighted by Gasteiger charge is -2.08. The monoisotopic (exact) mass is 420 g/mol. The van der Waals surface area contributed by atoms with Crippen molar-refractivity contribution in [3.05, 3.63) is 102 Å². The molecule has 4 rings (SSSR count). The second kappa shape index (κ2) is 9.14. The number of amides is 1. The van der Waals surface area contributed by atoms with Gasteiger partial charge in [-0.25, -0.2) is 4.39 Å². The number of aromatic nitrogens is 1. The first kappa shape index (κ1) is 20.2. The molecule has 0 fully saturated rings. The van der Waals surface area contributed by atoms with Gasteiger partial charge >= 0.3 is 0 Å². The largest absolute Gasteiger partial charge is 0.347 e. The minimum absolute atomic E-state index is 0.215. The number of aryl methyl sites for hydroxylation is 1. The number of rotatable bonds is 7. The Labute approximate surface area is 180 Å². The van der Waals surface area contributed by atoms with Gasteiger partial charge < -0.3 is 9.88 Å². The van der Waals surface area contributed by atoms with Crippen LogP contribution in [0.2, 0.25) is 0 Å². The fourth-order valence-electron chi connectivity index (χ4n) is 3.53. The number of carbonyl (C=O) groups is 1. The standard InChI is InChI=1S/C25H22ClFN2O/c26-13-1-14-29-15-12-21-17-19(4-11-24(21)29)16-18-2-5-20(6-3-18)25(30)28-23-9-7-22(27)8-10-23/h2-12,15,17H,1,13-14,16H2,(H,28,30). The lowest BCUT2D eigenvalue weighted by Crippen LogP contribution is -2.11. The fraction of sp³-hybridized carbons (Fsp3) is 0.160. The van der Waals surface area contributed by atoms with E-state index >= 15 is 0 Å². The Hall–Kier alpha value is -3.11. The first-order valence-electron chi connectivity index (χ1n) is 9.92. The van der Waals surface area contributed by atoms with Crippen molar-refractivity contribution >= 4 is 34.1 Å². The van der Waals surface area contributed by atoms with Gasteiger partial charge in [0.1, 0.15) is 5.82 Å². The summed E-state index contributed by atoms with van der Waals surface area (Å²) in [5.41, 5.74) is 4.71. The van der Waals surface area contributed by atoms with Crippen molar-refractivity contribution < 1.29 is 9.18 Å². The van der Waals surface area contributed by atoms with Crippen molar-refractivity contribution in [1.82, 2.24) is 4.57 Å². The first-order chi connectivity index (χ1) is 14.6. The van der Waals surface area contributed by atoms with Gasteiger partial charge in [-0.2, -0.15) is 0 Å². The van der Waals surface area contributed by atoms with Gasteiger partial charge in [0.05, 0.1) is 0 Å². The summed E-state index contributed by atoms with van der Waals surface area (Å²) in [7, 11) is 0. The molecule has 3 nitrogen and oxygen atoms in total. The number of benzene rings is 3. The van der Waals surface area contributed by atoms with Gasteiger partial charge in [-0.1, -0.05) is 18.2 Å². The summed E-state index contributed by atoms with van der Waals surface area (Å²) in [6.45, 7) is 0.924. The summed E-state index contributed by atoms with van der Waals surface area (Å²) < 4.78 is 15.2. The number of carbonyl (C=O) groups excluding carboxylic acids is 1. The fourth-order valence-corrected chi connectivity index (χ4v) is 3.65. The minimum atomic E-state index is -0.331. The lowest BCUT2D eigenvalue weighted by atomic mass is 10.0. The number of nitrogens with zero attached hydrogens (tertiary/aromatic N) is 1. The predicted octanol–water partition coefficient (Wildman–Crippen LogP) is 6.25. The molecule has 0 unspecified atom stereocenters. The van der Waals surface area contributed by atoms with Crippen LogP contribution in [0, 0.1) is 5.82 Å². The topological polar surface area (TPSA) is 34.0 Å². The van der Waals surface area contributed by atoms with Gasteiger partial charge in [-0.05, 0) is 84.0 Å². The van der Waals surface area contributed by atoms with E-state index in [4.69, 9.17) is 11.6 Å². The van der Waals surface area contributed by atoms with Crippen molar-refractivity contribution in [2.24, 2.45) is 0 Å². The molecule has 30 heavy (non-hydrogen) atoms. The van der Waals surface area contributed by atoms with Crippen LogP contribution in [0.15, 0.2) is 79.0 Å². The van der Waals surface area contributed by atoms with Crippen LogP contribution in [0.1, 0.15) is 27.9 Å². The number of nitrogens with one attached hydrogen (secondary N) is 1. The van der Waals surface area contributed by atoms with Crippen molar-refractivity contribution in [2.45, 2.75) is 19.4 Å². The maximum atomic E-state index is 13.0. The third kappa shape index (κ3) is 4.71. The van der Waals surface area contributed by atoms with Gasteiger partial charge in [0.15, 0.2) is 0 Å². The Morgan fingerprint density at radius 2 is 1.67 bits per heavy atom. The number of hydrogen-bond donors (Lipinski definition) is 1. The Morgan fingerprint density at radius 3 is 2.40 bits per heavy atom. The third-order valence-corrected chi connectivity index (χ3v) is 5.36. The summed E-state index contributed by atoms with van der Waals surface area (Å²) in [4.78, 5) is 12.4. The van der Waals surface area contributed by atoms with Gasteiger partial charge in [0.2, 0.25) is 0 Å². The maximum Gasteiger partial charge on any atom is 0.255 e. The highest BCUT2D eigenvalue weighted by atomic mass is 35.5. The predicted molar refractivity (Wildman–Crippen MR) is 121 cm³/mol. The Bertz CT molecular complexity index is 1150. The van der Waals surface area contributed by atoms with Crippen LogP contribution in [-0.4, -0.2) is 16.4 Å². The number of alkyl halides is 1. The van der Waals surface area contributed by atoms with Gasteiger partial charge in [0, 0.05) is 35.4 Å². The van der Waals surface area contributed by atoms with Crippen molar-refractivity contribution in [1.29, 1.82) is 0 Å². The summed E-state index contributed by atoms with van der Waals surface area (Å²) in [5, 5.41) is 4.00. The smallest absolute Gasteiger partial charge is 0.255 e.